The zero-order valence-corrected chi connectivity index (χ0v) is 32.1. The molecule has 0 aliphatic rings. The van der Waals surface area contributed by atoms with Crippen molar-refractivity contribution in [2.45, 2.75) is 85.8 Å². The Hall–Kier alpha value is -2.32. The standard InChI is InChI=1S/C37H41Cl2O2S.6FH.Sb/c1-2-3-4-5-6-7-8-9-10-19-26-41-35-28-36(34(39)27-32(35)37(40)31-24-17-18-25-33(31)38)42(29-20-13-11-14-21-29)30-22-15-12-16-23-30;;;;;;;/h11-18,20-25,27-28H,2-10,19,26H2,1H3;6*1H;/q+1;;;;;;;+5/p-6. The molecule has 2 nitrogen and oxygen atoms in total. The summed E-state index contributed by atoms with van der Waals surface area (Å²) in [6.45, 7) is 2.80. The molecule has 0 amide bonds. The minimum atomic E-state index is -9.19. The first-order valence-corrected chi connectivity index (χ1v) is 22.8. The third kappa shape index (κ3) is 16.1. The minimum absolute atomic E-state index is 0. The van der Waals surface area contributed by atoms with Crippen molar-refractivity contribution in [2.24, 2.45) is 0 Å². The average Bonchev–Trinajstić information content (AvgIpc) is 3.04. The molecule has 4 rings (SSSR count). The third-order valence-corrected chi connectivity index (χ3v) is 10.3. The van der Waals surface area contributed by atoms with Gasteiger partial charge in [0.25, 0.3) is 0 Å². The van der Waals surface area contributed by atoms with Gasteiger partial charge in [-0.15, -0.1) is 0 Å². The Kier molecular flexibility index (Phi) is 18.5. The van der Waals surface area contributed by atoms with Crippen molar-refractivity contribution in [1.29, 1.82) is 0 Å². The zero-order valence-electron chi connectivity index (χ0n) is 27.2. The molecule has 0 radical (unpaired) electrons. The SMILES string of the molecule is CCCCCCCCCCCCOc1cc([S+](c2ccccc2)c2ccccc2)c(Cl)cc1C(=O)c1ccccc1Cl.[F-].[F][Sb]([F])([F])([F])[F]. The van der Waals surface area contributed by atoms with Gasteiger partial charge in [0.15, 0.2) is 20.5 Å². The molecule has 4 aromatic carbocycles. The van der Waals surface area contributed by atoms with Crippen molar-refractivity contribution >= 4 is 60.2 Å². The fourth-order valence-electron chi connectivity index (χ4n) is 5.05. The number of benzene rings is 4. The van der Waals surface area contributed by atoms with Gasteiger partial charge >= 0.3 is 34.4 Å². The van der Waals surface area contributed by atoms with Crippen LogP contribution in [0, 0.1) is 0 Å². The van der Waals surface area contributed by atoms with Crippen LogP contribution in [0.1, 0.15) is 87.1 Å². The molecule has 0 N–H and O–H groups in total. The number of rotatable bonds is 17. The number of hydrogen-bond acceptors (Lipinski definition) is 2. The molecule has 0 aromatic heterocycles. The molecule has 0 heterocycles. The monoisotopic (exact) mass is 854 g/mol. The first kappa shape index (κ1) is 42.8. The van der Waals surface area contributed by atoms with Crippen molar-refractivity contribution in [1.82, 2.24) is 0 Å². The number of unbranched alkanes of at least 4 members (excludes halogenated alkanes) is 9. The molecule has 0 aliphatic heterocycles. The van der Waals surface area contributed by atoms with Gasteiger partial charge in [-0.2, -0.15) is 0 Å². The van der Waals surface area contributed by atoms with Crippen molar-refractivity contribution in [3.63, 3.8) is 0 Å². The van der Waals surface area contributed by atoms with E-state index >= 15 is 0 Å². The Morgan fingerprint density at radius 1 is 0.633 bits per heavy atom. The van der Waals surface area contributed by atoms with E-state index in [9.17, 15) is 18.9 Å². The van der Waals surface area contributed by atoms with Gasteiger partial charge in [0.2, 0.25) is 0 Å². The average molecular weight is 856 g/mol. The van der Waals surface area contributed by atoms with Gasteiger partial charge in [-0.3, -0.25) is 4.79 Å². The molecule has 0 unspecified atom stereocenters. The van der Waals surface area contributed by atoms with E-state index < -0.39 is 31.2 Å². The number of carbonyl (C=O) groups excluding carboxylic acids is 1. The molecular weight excluding hydrogens is 815 g/mol. The van der Waals surface area contributed by atoms with Crippen molar-refractivity contribution < 1.29 is 28.3 Å². The van der Waals surface area contributed by atoms with Gasteiger partial charge in [-0.25, -0.2) is 0 Å². The van der Waals surface area contributed by atoms with Gasteiger partial charge in [0.1, 0.15) is 16.6 Å². The summed E-state index contributed by atoms with van der Waals surface area (Å²) < 4.78 is 55.9. The molecule has 268 valence electrons. The van der Waals surface area contributed by atoms with Crippen LogP contribution in [0.15, 0.2) is 112 Å². The second-order valence-corrected chi connectivity index (χ2v) is 17.6. The number of halogens is 8. The molecule has 0 atom stereocenters. The maximum absolute atomic E-state index is 13.7. The quantitative estimate of drug-likeness (QED) is 0.0348. The van der Waals surface area contributed by atoms with E-state index in [4.69, 9.17) is 27.9 Å². The molecule has 0 bridgehead atoms. The van der Waals surface area contributed by atoms with E-state index in [0.29, 0.717) is 33.5 Å². The summed E-state index contributed by atoms with van der Waals surface area (Å²) in [6.07, 6.45) is 12.5. The Labute approximate surface area is 303 Å². The molecule has 0 saturated heterocycles. The second-order valence-electron chi connectivity index (χ2n) is 11.2. The number of carbonyl (C=O) groups is 1. The topological polar surface area (TPSA) is 26.3 Å². The van der Waals surface area contributed by atoms with E-state index in [1.54, 1.807) is 18.2 Å². The van der Waals surface area contributed by atoms with Crippen LogP contribution in [-0.2, 0) is 10.9 Å². The van der Waals surface area contributed by atoms with E-state index in [2.05, 4.69) is 31.2 Å². The number of ether oxygens (including phenoxy) is 1. The van der Waals surface area contributed by atoms with E-state index in [0.717, 1.165) is 27.5 Å². The van der Waals surface area contributed by atoms with Crippen molar-refractivity contribution in [3.8, 4) is 5.75 Å². The third-order valence-electron chi connectivity index (χ3n) is 7.33. The molecular formula is C37H41Cl2F6O2SSb. The van der Waals surface area contributed by atoms with Crippen molar-refractivity contribution in [2.75, 3.05) is 6.61 Å². The van der Waals surface area contributed by atoms with Crippen LogP contribution in [-0.4, -0.2) is 32.7 Å². The summed E-state index contributed by atoms with van der Waals surface area (Å²) in [4.78, 5) is 17.0. The fraction of sp³-hybridized carbons (Fsp3) is 0.324. The van der Waals surface area contributed by atoms with Gasteiger partial charge in [-0.05, 0) is 48.9 Å². The van der Waals surface area contributed by atoms with E-state index in [1.807, 2.05) is 54.6 Å². The predicted molar refractivity (Wildman–Crippen MR) is 190 cm³/mol. The summed E-state index contributed by atoms with van der Waals surface area (Å²) in [5.41, 5.74) is 0.880. The Bertz CT molecular complexity index is 1520. The fourth-order valence-corrected chi connectivity index (χ4v) is 7.79. The molecule has 49 heavy (non-hydrogen) atoms. The first-order valence-electron chi connectivity index (χ1n) is 16.0. The summed E-state index contributed by atoms with van der Waals surface area (Å²) >= 11 is 4.25. The summed E-state index contributed by atoms with van der Waals surface area (Å²) in [5, 5.41) is 0.949. The van der Waals surface area contributed by atoms with Crippen LogP contribution in [0.3, 0.4) is 0 Å². The van der Waals surface area contributed by atoms with E-state index in [-0.39, 0.29) is 10.5 Å². The summed E-state index contributed by atoms with van der Waals surface area (Å²) in [7, 11) is -0.472. The molecule has 12 heteroatoms. The van der Waals surface area contributed by atoms with Gasteiger partial charge in [0, 0.05) is 11.6 Å². The van der Waals surface area contributed by atoms with Crippen LogP contribution < -0.4 is 9.44 Å². The maximum atomic E-state index is 13.7. The summed E-state index contributed by atoms with van der Waals surface area (Å²) in [6, 6.07) is 31.6. The Balaban J connectivity index is 0.00000109. The molecule has 4 aromatic rings. The first-order chi connectivity index (χ1) is 22.8. The Morgan fingerprint density at radius 3 is 1.57 bits per heavy atom. The van der Waals surface area contributed by atoms with Crippen LogP contribution in [0.4, 0.5) is 14.1 Å². The molecule has 0 aliphatic carbocycles. The van der Waals surface area contributed by atoms with Gasteiger partial charge in [0.05, 0.1) is 22.2 Å². The number of ketones is 1. The van der Waals surface area contributed by atoms with Crippen LogP contribution >= 0.6 is 23.2 Å². The van der Waals surface area contributed by atoms with Gasteiger partial charge in [-0.1, -0.05) is 136 Å². The molecule has 0 spiro atoms. The van der Waals surface area contributed by atoms with Crippen LogP contribution in [0.25, 0.3) is 0 Å². The van der Waals surface area contributed by atoms with Gasteiger partial charge < -0.3 is 9.44 Å². The predicted octanol–water partition coefficient (Wildman–Crippen LogP) is 10.3. The van der Waals surface area contributed by atoms with Crippen LogP contribution in [0.5, 0.6) is 5.75 Å². The normalized spacial score (nSPS) is 11.9. The van der Waals surface area contributed by atoms with E-state index in [1.165, 1.54) is 51.4 Å². The molecule has 0 fully saturated rings. The van der Waals surface area contributed by atoms with Crippen LogP contribution in [0.2, 0.25) is 10.0 Å². The number of hydrogen-bond donors (Lipinski definition) is 0. The second kappa shape index (κ2) is 21.1. The Morgan fingerprint density at radius 2 is 1.08 bits per heavy atom. The summed E-state index contributed by atoms with van der Waals surface area (Å²) in [5.74, 6) is 0.367. The van der Waals surface area contributed by atoms with Crippen molar-refractivity contribution in [3.05, 3.63) is 118 Å². The zero-order chi connectivity index (χ0) is 35.0. The molecule has 0 saturated carbocycles.